The van der Waals surface area contributed by atoms with Crippen LogP contribution in [0.3, 0.4) is 0 Å². The Morgan fingerprint density at radius 1 is 0.912 bits per heavy atom. The zero-order chi connectivity index (χ0) is 23.6. The number of nitriles is 2. The predicted octanol–water partition coefficient (Wildman–Crippen LogP) is 6.38. The van der Waals surface area contributed by atoms with Crippen LogP contribution in [0.15, 0.2) is 54.6 Å². The molecule has 5 aromatic rings. The van der Waals surface area contributed by atoms with Crippen LogP contribution in [0, 0.1) is 22.7 Å². The van der Waals surface area contributed by atoms with E-state index in [1.54, 1.807) is 32.0 Å². The van der Waals surface area contributed by atoms with Crippen molar-refractivity contribution >= 4 is 32.6 Å². The van der Waals surface area contributed by atoms with Crippen molar-refractivity contribution in [2.45, 2.75) is 38.2 Å². The Morgan fingerprint density at radius 2 is 1.59 bits per heavy atom. The molecule has 0 unspecified atom stereocenters. The van der Waals surface area contributed by atoms with Crippen LogP contribution in [0.2, 0.25) is 0 Å². The topological polar surface area (TPSA) is 96.5 Å². The number of nitrogens with zero attached hydrogens (tertiary/aromatic N) is 3. The Bertz CT molecular complexity index is 1690. The first-order chi connectivity index (χ1) is 16.4. The maximum atomic E-state index is 10.7. The summed E-state index contributed by atoms with van der Waals surface area (Å²) in [5.74, 6) is 1.12. The quantitative estimate of drug-likeness (QED) is 0.317. The van der Waals surface area contributed by atoms with E-state index < -0.39 is 5.60 Å². The van der Waals surface area contributed by atoms with Gasteiger partial charge in [-0.3, -0.25) is 0 Å². The molecule has 4 aromatic carbocycles. The molecule has 0 saturated heterocycles. The zero-order valence-corrected chi connectivity index (χ0v) is 19.0. The van der Waals surface area contributed by atoms with Gasteiger partial charge >= 0.3 is 0 Å². The Hall–Kier alpha value is -4.19. The molecule has 0 bridgehead atoms. The van der Waals surface area contributed by atoms with E-state index in [0.29, 0.717) is 28.4 Å². The molecule has 2 N–H and O–H groups in total. The summed E-state index contributed by atoms with van der Waals surface area (Å²) in [6.07, 6.45) is 2.43. The lowest BCUT2D eigenvalue weighted by molar-refractivity contribution is 0.0787. The van der Waals surface area contributed by atoms with Crippen LogP contribution < -0.4 is 0 Å². The highest BCUT2D eigenvalue weighted by atomic mass is 16.3. The Morgan fingerprint density at radius 3 is 2.24 bits per heavy atom. The molecule has 1 fully saturated rings. The molecule has 0 aliphatic heterocycles. The van der Waals surface area contributed by atoms with E-state index in [1.807, 2.05) is 12.1 Å². The third-order valence-corrected chi connectivity index (χ3v) is 6.88. The van der Waals surface area contributed by atoms with Crippen molar-refractivity contribution in [2.24, 2.45) is 0 Å². The van der Waals surface area contributed by atoms with Crippen molar-refractivity contribution < 1.29 is 5.11 Å². The maximum Gasteiger partial charge on any atom is 0.141 e. The molecular weight excluding hydrogens is 420 g/mol. The molecule has 0 spiro atoms. The summed E-state index contributed by atoms with van der Waals surface area (Å²) in [4.78, 5) is 8.36. The first-order valence-electron chi connectivity index (χ1n) is 11.4. The number of aromatic nitrogens is 2. The normalized spacial score (nSPS) is 13.9. The number of benzene rings is 4. The number of imidazole rings is 1. The number of nitrogens with one attached hydrogen (secondary N) is 1. The summed E-state index contributed by atoms with van der Waals surface area (Å²) >= 11 is 0. The van der Waals surface area contributed by atoms with Crippen LogP contribution in [0.25, 0.3) is 44.0 Å². The minimum atomic E-state index is -0.962. The van der Waals surface area contributed by atoms with Gasteiger partial charge in [-0.1, -0.05) is 36.4 Å². The number of H-pyrrole nitrogens is 1. The SMILES string of the molecule is CC(C)(O)c1ccc2c(c1)c1cc(C3CC3)ccc1c1nc(-c3c(C#N)cccc3C#N)[nH]c21. The molecule has 1 aliphatic carbocycles. The van der Waals surface area contributed by atoms with Gasteiger partial charge in [-0.15, -0.1) is 0 Å². The summed E-state index contributed by atoms with van der Waals surface area (Å²) in [7, 11) is 0. The van der Waals surface area contributed by atoms with E-state index in [9.17, 15) is 15.6 Å². The van der Waals surface area contributed by atoms with Gasteiger partial charge in [-0.25, -0.2) is 4.98 Å². The van der Waals surface area contributed by atoms with Gasteiger partial charge in [0.2, 0.25) is 0 Å². The van der Waals surface area contributed by atoms with Crippen molar-refractivity contribution in [2.75, 3.05) is 0 Å². The van der Waals surface area contributed by atoms with Gasteiger partial charge in [0, 0.05) is 10.8 Å². The molecule has 34 heavy (non-hydrogen) atoms. The number of aliphatic hydroxyl groups is 1. The maximum absolute atomic E-state index is 10.7. The second kappa shape index (κ2) is 7.15. The highest BCUT2D eigenvalue weighted by molar-refractivity contribution is 6.24. The third-order valence-electron chi connectivity index (χ3n) is 6.88. The minimum absolute atomic E-state index is 0.409. The van der Waals surface area contributed by atoms with Gasteiger partial charge in [0.1, 0.15) is 5.82 Å². The number of aromatic amines is 1. The zero-order valence-electron chi connectivity index (χ0n) is 19.0. The lowest BCUT2D eigenvalue weighted by Gasteiger charge is -2.19. The Kier molecular flexibility index (Phi) is 4.30. The van der Waals surface area contributed by atoms with Crippen LogP contribution in [0.1, 0.15) is 54.9 Å². The molecule has 0 amide bonds. The van der Waals surface area contributed by atoms with Crippen molar-refractivity contribution in [3.05, 3.63) is 76.9 Å². The summed E-state index contributed by atoms with van der Waals surface area (Å²) in [6, 6.07) is 22.1. The minimum Gasteiger partial charge on any atom is -0.386 e. The molecule has 6 rings (SSSR count). The lowest BCUT2D eigenvalue weighted by atomic mass is 9.91. The van der Waals surface area contributed by atoms with Crippen molar-refractivity contribution in [3.8, 4) is 23.5 Å². The number of hydrogen-bond acceptors (Lipinski definition) is 4. The molecule has 1 aliphatic rings. The third kappa shape index (κ3) is 3.06. The van der Waals surface area contributed by atoms with Crippen molar-refractivity contribution in [1.82, 2.24) is 9.97 Å². The van der Waals surface area contributed by atoms with E-state index in [1.165, 1.54) is 18.4 Å². The van der Waals surface area contributed by atoms with Gasteiger partial charge in [-0.05, 0) is 72.7 Å². The van der Waals surface area contributed by atoms with Gasteiger partial charge in [0.05, 0.1) is 45.5 Å². The molecule has 1 heterocycles. The second-order valence-electron chi connectivity index (χ2n) is 9.66. The fraction of sp³-hybridized carbons (Fsp3) is 0.207. The van der Waals surface area contributed by atoms with Crippen LogP contribution in [0.5, 0.6) is 0 Å². The second-order valence-corrected chi connectivity index (χ2v) is 9.66. The first-order valence-corrected chi connectivity index (χ1v) is 11.4. The highest BCUT2D eigenvalue weighted by Gasteiger charge is 2.25. The average Bonchev–Trinajstić information content (AvgIpc) is 3.60. The number of rotatable bonds is 3. The van der Waals surface area contributed by atoms with Crippen molar-refractivity contribution in [3.63, 3.8) is 0 Å². The summed E-state index contributed by atoms with van der Waals surface area (Å²) in [5.41, 5.74) is 4.23. The van der Waals surface area contributed by atoms with E-state index in [-0.39, 0.29) is 0 Å². The Balaban J connectivity index is 1.74. The molecule has 5 heteroatoms. The van der Waals surface area contributed by atoms with Gasteiger partial charge < -0.3 is 10.1 Å². The molecule has 1 saturated carbocycles. The predicted molar refractivity (Wildman–Crippen MR) is 133 cm³/mol. The summed E-state index contributed by atoms with van der Waals surface area (Å²) in [6.45, 7) is 3.59. The van der Waals surface area contributed by atoms with Crippen LogP contribution in [-0.4, -0.2) is 15.1 Å². The molecule has 5 nitrogen and oxygen atoms in total. The summed E-state index contributed by atoms with van der Waals surface area (Å²) in [5, 5.41) is 34.2. The van der Waals surface area contributed by atoms with E-state index in [4.69, 9.17) is 4.98 Å². The molecular formula is C29H22N4O. The van der Waals surface area contributed by atoms with Crippen LogP contribution in [-0.2, 0) is 5.60 Å². The highest BCUT2D eigenvalue weighted by Crippen LogP contribution is 2.44. The van der Waals surface area contributed by atoms with Crippen LogP contribution in [0.4, 0.5) is 0 Å². The monoisotopic (exact) mass is 442 g/mol. The van der Waals surface area contributed by atoms with E-state index in [2.05, 4.69) is 41.4 Å². The van der Waals surface area contributed by atoms with Gasteiger partial charge in [0.15, 0.2) is 0 Å². The van der Waals surface area contributed by atoms with Gasteiger partial charge in [-0.2, -0.15) is 10.5 Å². The molecule has 164 valence electrons. The van der Waals surface area contributed by atoms with Crippen molar-refractivity contribution in [1.29, 1.82) is 10.5 Å². The fourth-order valence-electron chi connectivity index (χ4n) is 4.90. The lowest BCUT2D eigenvalue weighted by Crippen LogP contribution is -2.15. The molecule has 0 radical (unpaired) electrons. The number of hydrogen-bond donors (Lipinski definition) is 2. The standard InChI is InChI=1S/C29H22N4O/c1-29(2,34)20-9-11-22-24(13-20)23-12-17(16-6-7-16)8-10-21(23)26-27(22)33-28(32-26)25-18(14-30)4-3-5-19(25)15-31/h3-5,8-13,16,34H,6-7H2,1-2H3,(H,32,33). The molecule has 0 atom stereocenters. The Labute approximate surface area is 196 Å². The van der Waals surface area contributed by atoms with E-state index >= 15 is 0 Å². The smallest absolute Gasteiger partial charge is 0.141 e. The number of fused-ring (bicyclic) bond motifs is 6. The fourth-order valence-corrected chi connectivity index (χ4v) is 4.90. The largest absolute Gasteiger partial charge is 0.386 e. The molecule has 1 aromatic heterocycles. The first kappa shape index (κ1) is 20.4. The van der Waals surface area contributed by atoms with Gasteiger partial charge in [0.25, 0.3) is 0 Å². The van der Waals surface area contributed by atoms with Crippen LogP contribution >= 0.6 is 0 Å². The van der Waals surface area contributed by atoms with E-state index in [0.717, 1.165) is 38.1 Å². The average molecular weight is 443 g/mol. The summed E-state index contributed by atoms with van der Waals surface area (Å²) < 4.78 is 0.